The Bertz CT molecular complexity index is 933. The maximum Gasteiger partial charge on any atom is 0.319 e. The molecule has 0 aliphatic heterocycles. The first-order valence-corrected chi connectivity index (χ1v) is 7.28. The third kappa shape index (κ3) is 2.33. The number of nitro groups is 1. The van der Waals surface area contributed by atoms with E-state index in [0.29, 0.717) is 15.8 Å². The van der Waals surface area contributed by atoms with Crippen LogP contribution in [0, 0.1) is 10.1 Å². The van der Waals surface area contributed by atoms with Crippen molar-refractivity contribution in [2.24, 2.45) is 0 Å². The highest BCUT2D eigenvalue weighted by molar-refractivity contribution is 7.21. The lowest BCUT2D eigenvalue weighted by atomic mass is 10.1. The molecule has 0 radical (unpaired) electrons. The molecule has 1 heterocycles. The molecule has 0 bridgehead atoms. The van der Waals surface area contributed by atoms with Gasteiger partial charge in [0.05, 0.1) is 17.6 Å². The minimum absolute atomic E-state index is 0.129. The second kappa shape index (κ2) is 5.57. The lowest BCUT2D eigenvalue weighted by Gasteiger charge is -2.07. The zero-order valence-corrected chi connectivity index (χ0v) is 12.4. The Hall–Kier alpha value is -2.73. The molecular weight excluding hydrogens is 302 g/mol. The van der Waals surface area contributed by atoms with Gasteiger partial charge in [0.2, 0.25) is 0 Å². The minimum atomic E-state index is -0.486. The van der Waals surface area contributed by atoms with Crippen molar-refractivity contribution in [3.63, 3.8) is 0 Å². The first kappa shape index (κ1) is 14.2. The molecule has 0 N–H and O–H groups in total. The summed E-state index contributed by atoms with van der Waals surface area (Å²) in [5.41, 5.74) is 0.106. The second-order valence-corrected chi connectivity index (χ2v) is 5.67. The molecule has 3 aromatic rings. The highest BCUT2D eigenvalue weighted by atomic mass is 32.1. The Labute approximate surface area is 129 Å². The maximum absolute atomic E-state index is 12.2. The lowest BCUT2D eigenvalue weighted by molar-refractivity contribution is -0.385. The fourth-order valence-electron chi connectivity index (χ4n) is 2.31. The summed E-state index contributed by atoms with van der Waals surface area (Å²) in [5.74, 6) is 0.176. The van der Waals surface area contributed by atoms with Crippen molar-refractivity contribution in [1.82, 2.24) is 0 Å². The molecule has 0 amide bonds. The lowest BCUT2D eigenvalue weighted by Crippen LogP contribution is -2.00. The molecule has 0 saturated carbocycles. The number of nitrogens with zero attached hydrogens (tertiary/aromatic N) is 1. The minimum Gasteiger partial charge on any atom is -0.490 e. The van der Waals surface area contributed by atoms with Gasteiger partial charge < -0.3 is 4.74 Å². The summed E-state index contributed by atoms with van der Waals surface area (Å²) in [6.07, 6.45) is 0. The number of hydrogen-bond acceptors (Lipinski definition) is 5. The third-order valence-corrected chi connectivity index (χ3v) is 4.44. The summed E-state index contributed by atoms with van der Waals surface area (Å²) in [5, 5.41) is 12.0. The van der Waals surface area contributed by atoms with E-state index in [1.54, 1.807) is 24.3 Å². The summed E-state index contributed by atoms with van der Waals surface area (Å²) >= 11 is 1.34. The van der Waals surface area contributed by atoms with Gasteiger partial charge in [-0.15, -0.1) is 11.3 Å². The van der Waals surface area contributed by atoms with E-state index < -0.39 is 4.92 Å². The van der Waals surface area contributed by atoms with E-state index in [2.05, 4.69) is 0 Å². The highest BCUT2D eigenvalue weighted by Gasteiger charge is 2.22. The monoisotopic (exact) mass is 313 g/mol. The Morgan fingerprint density at radius 3 is 2.64 bits per heavy atom. The van der Waals surface area contributed by atoms with Crippen molar-refractivity contribution >= 4 is 27.1 Å². The van der Waals surface area contributed by atoms with Crippen molar-refractivity contribution < 1.29 is 9.66 Å². The molecule has 0 aliphatic rings. The van der Waals surface area contributed by atoms with Crippen LogP contribution in [0.5, 0.6) is 5.75 Å². The first-order chi connectivity index (χ1) is 10.6. The summed E-state index contributed by atoms with van der Waals surface area (Å²) in [6.45, 7) is 0. The number of methoxy groups -OCH3 is 1. The Balaban J connectivity index is 2.33. The Kier molecular flexibility index (Phi) is 3.60. The molecule has 22 heavy (non-hydrogen) atoms. The van der Waals surface area contributed by atoms with Gasteiger partial charge in [0.15, 0.2) is 11.2 Å². The summed E-state index contributed by atoms with van der Waals surface area (Å²) in [6, 6.07) is 13.5. The molecule has 3 rings (SSSR count). The van der Waals surface area contributed by atoms with Crippen LogP contribution >= 0.6 is 11.3 Å². The van der Waals surface area contributed by atoms with E-state index in [0.717, 1.165) is 4.70 Å². The normalized spacial score (nSPS) is 10.6. The molecule has 1 aromatic heterocycles. The van der Waals surface area contributed by atoms with Crippen molar-refractivity contribution in [1.29, 1.82) is 0 Å². The predicted octanol–water partition coefficient (Wildman–Crippen LogP) is 3.85. The number of benzene rings is 2. The number of nitro benzene ring substituents is 1. The number of fused-ring (bicyclic) bond motifs is 1. The molecule has 0 atom stereocenters. The van der Waals surface area contributed by atoms with Gasteiger partial charge in [0.1, 0.15) is 0 Å². The number of rotatable bonds is 3. The van der Waals surface area contributed by atoms with Gasteiger partial charge in [-0.25, -0.2) is 0 Å². The van der Waals surface area contributed by atoms with Gasteiger partial charge in [0, 0.05) is 21.0 Å². The van der Waals surface area contributed by atoms with Crippen LogP contribution in [-0.4, -0.2) is 12.0 Å². The largest absolute Gasteiger partial charge is 0.490 e. The van der Waals surface area contributed by atoms with E-state index in [-0.39, 0.29) is 16.9 Å². The Morgan fingerprint density at radius 2 is 1.91 bits per heavy atom. The smallest absolute Gasteiger partial charge is 0.319 e. The van der Waals surface area contributed by atoms with Gasteiger partial charge in [-0.2, -0.15) is 0 Å². The highest BCUT2D eigenvalue weighted by Crippen LogP contribution is 2.39. The topological polar surface area (TPSA) is 69.4 Å². The number of para-hydroxylation sites is 1. The van der Waals surface area contributed by atoms with E-state index in [4.69, 9.17) is 4.74 Å². The van der Waals surface area contributed by atoms with Crippen LogP contribution in [0.15, 0.2) is 53.3 Å². The average Bonchev–Trinajstić information content (AvgIpc) is 2.54. The van der Waals surface area contributed by atoms with Crippen molar-refractivity contribution in [2.45, 2.75) is 0 Å². The van der Waals surface area contributed by atoms with Crippen LogP contribution in [0.2, 0.25) is 0 Å². The fraction of sp³-hybridized carbons (Fsp3) is 0.0625. The molecule has 6 heteroatoms. The zero-order chi connectivity index (χ0) is 15.7. The number of hydrogen-bond donors (Lipinski definition) is 0. The van der Waals surface area contributed by atoms with Crippen molar-refractivity contribution in [3.05, 3.63) is 68.9 Å². The first-order valence-electron chi connectivity index (χ1n) is 6.46. The van der Waals surface area contributed by atoms with Gasteiger partial charge >= 0.3 is 5.69 Å². The fourth-order valence-corrected chi connectivity index (χ4v) is 3.41. The second-order valence-electron chi connectivity index (χ2n) is 4.58. The summed E-state index contributed by atoms with van der Waals surface area (Å²) in [4.78, 5) is 23.7. The third-order valence-electron chi connectivity index (χ3n) is 3.30. The van der Waals surface area contributed by atoms with Crippen molar-refractivity contribution in [3.8, 4) is 16.2 Å². The molecule has 0 fully saturated rings. The molecular formula is C16H11NO4S. The summed E-state index contributed by atoms with van der Waals surface area (Å²) < 4.78 is 5.86. The van der Waals surface area contributed by atoms with Crippen LogP contribution in [0.25, 0.3) is 20.5 Å². The quantitative estimate of drug-likeness (QED) is 0.544. The average molecular weight is 313 g/mol. The molecule has 0 saturated heterocycles. The van der Waals surface area contributed by atoms with Crippen LogP contribution in [0.4, 0.5) is 5.69 Å². The molecule has 5 nitrogen and oxygen atoms in total. The van der Waals surface area contributed by atoms with E-state index >= 15 is 0 Å². The van der Waals surface area contributed by atoms with E-state index in [1.807, 2.05) is 12.1 Å². The molecule has 110 valence electrons. The van der Waals surface area contributed by atoms with Gasteiger partial charge in [-0.3, -0.25) is 14.9 Å². The number of ether oxygens (including phenoxy) is 1. The predicted molar refractivity (Wildman–Crippen MR) is 86.7 cm³/mol. The molecule has 0 aliphatic carbocycles. The van der Waals surface area contributed by atoms with Crippen LogP contribution < -0.4 is 10.2 Å². The summed E-state index contributed by atoms with van der Waals surface area (Å²) in [7, 11) is 1.38. The standard InChI is InChI=1S/C16H11NO4S/c1-21-13-7-4-6-11(16(13)17(19)20)15-9-12(18)10-5-2-3-8-14(10)22-15/h2-9H,1H3. The SMILES string of the molecule is COc1cccc(-c2cc(=O)c3ccccc3s2)c1[N+](=O)[O-]. The van der Waals surface area contributed by atoms with E-state index in [1.165, 1.54) is 30.6 Å². The van der Waals surface area contributed by atoms with Crippen LogP contribution in [-0.2, 0) is 0 Å². The zero-order valence-electron chi connectivity index (χ0n) is 11.6. The molecule has 2 aromatic carbocycles. The molecule has 0 spiro atoms. The van der Waals surface area contributed by atoms with Gasteiger partial charge in [-0.1, -0.05) is 18.2 Å². The van der Waals surface area contributed by atoms with Gasteiger partial charge in [-0.05, 0) is 24.3 Å². The van der Waals surface area contributed by atoms with E-state index in [9.17, 15) is 14.9 Å². The molecule has 0 unspecified atom stereocenters. The van der Waals surface area contributed by atoms with Gasteiger partial charge in [0.25, 0.3) is 0 Å². The van der Waals surface area contributed by atoms with Crippen molar-refractivity contribution in [2.75, 3.05) is 7.11 Å². The Morgan fingerprint density at radius 1 is 1.14 bits per heavy atom. The maximum atomic E-state index is 12.2. The van der Waals surface area contributed by atoms with Crippen LogP contribution in [0.1, 0.15) is 0 Å². The van der Waals surface area contributed by atoms with Crippen LogP contribution in [0.3, 0.4) is 0 Å².